The summed E-state index contributed by atoms with van der Waals surface area (Å²) in [6.07, 6.45) is 0. The molecule has 0 saturated heterocycles. The van der Waals surface area contributed by atoms with E-state index in [0.717, 1.165) is 0 Å². The minimum absolute atomic E-state index is 0.0729. The standard InChI is InChI=1S/C8H11N3O3S/c1-5-3-2-4-6(9)7(5)15(13,14)11-8(10)12/h2-4H,9H2,1H3,(H3,10,11,12). The van der Waals surface area contributed by atoms with Gasteiger partial charge >= 0.3 is 6.03 Å². The summed E-state index contributed by atoms with van der Waals surface area (Å²) in [6, 6.07) is 3.49. The van der Waals surface area contributed by atoms with Crippen molar-refractivity contribution in [1.82, 2.24) is 4.72 Å². The zero-order chi connectivity index (χ0) is 11.6. The number of benzene rings is 1. The molecule has 0 unspecified atom stereocenters. The van der Waals surface area contributed by atoms with Gasteiger partial charge in [-0.1, -0.05) is 12.1 Å². The SMILES string of the molecule is Cc1cccc(N)c1S(=O)(=O)NC(N)=O. The first-order valence-corrected chi connectivity index (χ1v) is 5.50. The van der Waals surface area contributed by atoms with Crippen LogP contribution in [0.2, 0.25) is 0 Å². The summed E-state index contributed by atoms with van der Waals surface area (Å²) in [7, 11) is -3.97. The molecule has 0 aliphatic rings. The van der Waals surface area contributed by atoms with E-state index in [0.29, 0.717) is 5.56 Å². The van der Waals surface area contributed by atoms with Crippen LogP contribution in [0.15, 0.2) is 23.1 Å². The van der Waals surface area contributed by atoms with Crippen LogP contribution >= 0.6 is 0 Å². The summed E-state index contributed by atoms with van der Waals surface area (Å²) >= 11 is 0. The fraction of sp³-hybridized carbons (Fsp3) is 0.125. The molecule has 0 saturated carbocycles. The monoisotopic (exact) mass is 229 g/mol. The molecule has 0 bridgehead atoms. The fourth-order valence-corrected chi connectivity index (χ4v) is 2.46. The molecule has 82 valence electrons. The van der Waals surface area contributed by atoms with E-state index in [1.807, 2.05) is 0 Å². The van der Waals surface area contributed by atoms with Crippen molar-refractivity contribution in [1.29, 1.82) is 0 Å². The first-order chi connectivity index (χ1) is 6.84. The van der Waals surface area contributed by atoms with Crippen LogP contribution in [0.25, 0.3) is 0 Å². The highest BCUT2D eigenvalue weighted by molar-refractivity contribution is 7.90. The van der Waals surface area contributed by atoms with Crippen molar-refractivity contribution in [2.75, 3.05) is 5.73 Å². The van der Waals surface area contributed by atoms with Crippen molar-refractivity contribution in [3.8, 4) is 0 Å². The summed E-state index contributed by atoms with van der Waals surface area (Å²) in [5.74, 6) is 0. The highest BCUT2D eigenvalue weighted by atomic mass is 32.2. The molecule has 5 N–H and O–H groups in total. The Hall–Kier alpha value is -1.76. The number of carbonyl (C=O) groups is 1. The molecule has 0 aliphatic heterocycles. The minimum atomic E-state index is -3.97. The lowest BCUT2D eigenvalue weighted by Gasteiger charge is -2.09. The van der Waals surface area contributed by atoms with Gasteiger partial charge in [-0.3, -0.25) is 0 Å². The van der Waals surface area contributed by atoms with Gasteiger partial charge in [0.2, 0.25) is 0 Å². The van der Waals surface area contributed by atoms with Crippen LogP contribution in [0.5, 0.6) is 0 Å². The van der Waals surface area contributed by atoms with Crippen LogP contribution in [0, 0.1) is 6.92 Å². The van der Waals surface area contributed by atoms with Gasteiger partial charge in [-0.15, -0.1) is 0 Å². The Kier molecular flexibility index (Phi) is 2.85. The number of amides is 2. The highest BCUT2D eigenvalue weighted by Gasteiger charge is 2.20. The van der Waals surface area contributed by atoms with Crippen molar-refractivity contribution >= 4 is 21.7 Å². The van der Waals surface area contributed by atoms with Crippen molar-refractivity contribution in [2.24, 2.45) is 5.73 Å². The van der Waals surface area contributed by atoms with E-state index in [9.17, 15) is 13.2 Å². The summed E-state index contributed by atoms with van der Waals surface area (Å²) in [6.45, 7) is 1.58. The number of sulfonamides is 1. The number of rotatable bonds is 2. The molecule has 2 amide bonds. The molecule has 0 spiro atoms. The van der Waals surface area contributed by atoms with Gasteiger partial charge in [-0.25, -0.2) is 17.9 Å². The number of nitrogens with two attached hydrogens (primary N) is 2. The van der Waals surface area contributed by atoms with Crippen LogP contribution in [0.3, 0.4) is 0 Å². The van der Waals surface area contributed by atoms with Gasteiger partial charge in [-0.2, -0.15) is 0 Å². The van der Waals surface area contributed by atoms with Crippen LogP contribution in [0.4, 0.5) is 10.5 Å². The first kappa shape index (κ1) is 11.3. The topological polar surface area (TPSA) is 115 Å². The van der Waals surface area contributed by atoms with Gasteiger partial charge in [0.15, 0.2) is 0 Å². The molecule has 6 nitrogen and oxygen atoms in total. The zero-order valence-electron chi connectivity index (χ0n) is 8.02. The molecule has 0 aliphatic carbocycles. The average molecular weight is 229 g/mol. The largest absolute Gasteiger partial charge is 0.398 e. The molecule has 0 atom stereocenters. The van der Waals surface area contributed by atoms with Crippen molar-refractivity contribution < 1.29 is 13.2 Å². The van der Waals surface area contributed by atoms with Gasteiger partial charge in [0.1, 0.15) is 4.90 Å². The number of aryl methyl sites for hydroxylation is 1. The smallest absolute Gasteiger partial charge is 0.326 e. The van der Waals surface area contributed by atoms with E-state index in [1.165, 1.54) is 6.07 Å². The Bertz CT molecular complexity index is 476. The molecule has 0 fully saturated rings. The number of hydrogen-bond acceptors (Lipinski definition) is 4. The second-order valence-electron chi connectivity index (χ2n) is 2.96. The van der Waals surface area contributed by atoms with E-state index >= 15 is 0 Å². The predicted molar refractivity (Wildman–Crippen MR) is 55.5 cm³/mol. The molecule has 1 aromatic carbocycles. The third-order valence-corrected chi connectivity index (χ3v) is 3.31. The van der Waals surface area contributed by atoms with E-state index in [4.69, 9.17) is 11.5 Å². The second kappa shape index (κ2) is 3.77. The fourth-order valence-electron chi connectivity index (χ4n) is 1.23. The lowest BCUT2D eigenvalue weighted by molar-refractivity contribution is 0.253. The molecular weight excluding hydrogens is 218 g/mol. The average Bonchev–Trinajstić information content (AvgIpc) is 1.99. The normalized spacial score (nSPS) is 11.0. The van der Waals surface area contributed by atoms with Crippen molar-refractivity contribution in [3.05, 3.63) is 23.8 Å². The highest BCUT2D eigenvalue weighted by Crippen LogP contribution is 2.21. The third-order valence-electron chi connectivity index (χ3n) is 1.75. The van der Waals surface area contributed by atoms with Crippen LogP contribution in [-0.2, 0) is 10.0 Å². The number of urea groups is 1. The van der Waals surface area contributed by atoms with Crippen molar-refractivity contribution in [2.45, 2.75) is 11.8 Å². The number of anilines is 1. The first-order valence-electron chi connectivity index (χ1n) is 4.02. The molecule has 1 aromatic rings. The van der Waals surface area contributed by atoms with E-state index in [1.54, 1.807) is 23.8 Å². The Balaban J connectivity index is 3.33. The number of nitrogen functional groups attached to an aromatic ring is 1. The van der Waals surface area contributed by atoms with Gasteiger partial charge in [-0.05, 0) is 18.6 Å². The number of nitrogens with one attached hydrogen (secondary N) is 1. The molecule has 7 heteroatoms. The molecule has 15 heavy (non-hydrogen) atoms. The molecule has 0 heterocycles. The molecule has 1 rings (SSSR count). The quantitative estimate of drug-likeness (QED) is 0.616. The lowest BCUT2D eigenvalue weighted by atomic mass is 10.2. The van der Waals surface area contributed by atoms with Crippen LogP contribution < -0.4 is 16.2 Å². The van der Waals surface area contributed by atoms with Crippen LogP contribution in [0.1, 0.15) is 5.56 Å². The Morgan fingerprint density at radius 3 is 2.47 bits per heavy atom. The minimum Gasteiger partial charge on any atom is -0.398 e. The Morgan fingerprint density at radius 1 is 1.40 bits per heavy atom. The van der Waals surface area contributed by atoms with Gasteiger partial charge in [0.05, 0.1) is 5.69 Å². The van der Waals surface area contributed by atoms with E-state index in [-0.39, 0.29) is 10.6 Å². The zero-order valence-corrected chi connectivity index (χ0v) is 8.84. The molecule has 0 radical (unpaired) electrons. The summed E-state index contributed by atoms with van der Waals surface area (Å²) in [4.78, 5) is 10.4. The number of hydrogen-bond donors (Lipinski definition) is 3. The summed E-state index contributed by atoms with van der Waals surface area (Å²) in [5.41, 5.74) is 10.8. The third kappa shape index (κ3) is 2.38. The van der Waals surface area contributed by atoms with Gasteiger partial charge < -0.3 is 11.5 Å². The van der Waals surface area contributed by atoms with Gasteiger partial charge in [0.25, 0.3) is 10.0 Å². The lowest BCUT2D eigenvalue weighted by Crippen LogP contribution is -2.35. The maximum absolute atomic E-state index is 11.6. The summed E-state index contributed by atoms with van der Waals surface area (Å²) < 4.78 is 24.8. The Morgan fingerprint density at radius 2 is 2.00 bits per heavy atom. The van der Waals surface area contributed by atoms with Crippen LogP contribution in [-0.4, -0.2) is 14.4 Å². The second-order valence-corrected chi connectivity index (χ2v) is 4.58. The Labute approximate surface area is 87.3 Å². The maximum atomic E-state index is 11.6. The maximum Gasteiger partial charge on any atom is 0.326 e. The van der Waals surface area contributed by atoms with Crippen molar-refractivity contribution in [3.63, 3.8) is 0 Å². The number of primary amides is 1. The summed E-state index contributed by atoms with van der Waals surface area (Å²) in [5, 5.41) is 0. The van der Waals surface area contributed by atoms with Gasteiger partial charge in [0, 0.05) is 0 Å². The van der Waals surface area contributed by atoms with E-state index < -0.39 is 16.1 Å². The molecule has 0 aromatic heterocycles. The molecular formula is C8H11N3O3S. The van der Waals surface area contributed by atoms with E-state index in [2.05, 4.69) is 0 Å². The predicted octanol–water partition coefficient (Wildman–Crippen LogP) is -0.0658. The number of carbonyl (C=O) groups excluding carboxylic acids is 1.